The van der Waals surface area contributed by atoms with E-state index in [0.717, 1.165) is 5.56 Å². The number of carbonyl (C=O) groups excluding carboxylic acids is 1. The highest BCUT2D eigenvalue weighted by atomic mass is 16.5. The zero-order valence-corrected chi connectivity index (χ0v) is 13.2. The first-order valence-electron chi connectivity index (χ1n) is 8.14. The topological polar surface area (TPSA) is 66.8 Å². The normalized spacial score (nSPS) is 36.2. The van der Waals surface area contributed by atoms with Crippen LogP contribution in [0.4, 0.5) is 0 Å². The fraction of sp³-hybridized carbons (Fsp3) is 0.368. The van der Waals surface area contributed by atoms with Gasteiger partial charge < -0.3 is 14.7 Å². The Hall–Kier alpha value is -2.40. The monoisotopic (exact) mass is 325 g/mol. The van der Waals surface area contributed by atoms with Gasteiger partial charge in [0.2, 0.25) is 5.91 Å². The van der Waals surface area contributed by atoms with E-state index in [1.54, 1.807) is 17.1 Å². The molecule has 5 nitrogen and oxygen atoms in total. The second-order valence-electron chi connectivity index (χ2n) is 6.63. The minimum atomic E-state index is -0.969. The molecule has 5 heteroatoms. The summed E-state index contributed by atoms with van der Waals surface area (Å²) in [5.41, 5.74) is 0.176. The third-order valence-electron chi connectivity index (χ3n) is 5.40. The number of hydrogen-bond donors (Lipinski definition) is 1. The first-order valence-corrected chi connectivity index (χ1v) is 8.14. The molecule has 2 saturated heterocycles. The molecule has 24 heavy (non-hydrogen) atoms. The van der Waals surface area contributed by atoms with Crippen molar-refractivity contribution in [2.45, 2.75) is 30.7 Å². The van der Waals surface area contributed by atoms with Crippen molar-refractivity contribution < 1.29 is 19.4 Å². The van der Waals surface area contributed by atoms with Gasteiger partial charge in [0.05, 0.1) is 18.1 Å². The second kappa shape index (κ2) is 5.31. The Morgan fingerprint density at radius 2 is 2.12 bits per heavy atom. The largest absolute Gasteiger partial charge is 0.481 e. The van der Waals surface area contributed by atoms with Crippen molar-refractivity contribution >= 4 is 11.9 Å². The van der Waals surface area contributed by atoms with Crippen LogP contribution < -0.4 is 0 Å². The number of amides is 1. The molecule has 124 valence electrons. The van der Waals surface area contributed by atoms with Crippen LogP contribution >= 0.6 is 0 Å². The molecular formula is C19H19NO4. The van der Waals surface area contributed by atoms with Gasteiger partial charge in [-0.1, -0.05) is 48.6 Å². The molecule has 1 aromatic carbocycles. The quantitative estimate of drug-likeness (QED) is 0.841. The molecule has 3 aliphatic rings. The van der Waals surface area contributed by atoms with Crippen molar-refractivity contribution in [3.05, 3.63) is 60.7 Å². The lowest BCUT2D eigenvalue weighted by Gasteiger charge is -2.32. The standard InChI is InChI=1S/C19H19NO4/c1-2-6-14-19-10-9-13(24-19)15(18(22)23)16(19)17(21)20(14)11-12-7-4-3-5-8-12/h2-5,7-10,13-16H,1,6,11H2,(H,22,23). The molecule has 0 radical (unpaired) electrons. The summed E-state index contributed by atoms with van der Waals surface area (Å²) in [7, 11) is 0. The average Bonchev–Trinajstić information content (AvgIpc) is 3.20. The van der Waals surface area contributed by atoms with Gasteiger partial charge in [0.15, 0.2) is 0 Å². The molecule has 0 saturated carbocycles. The van der Waals surface area contributed by atoms with E-state index < -0.39 is 29.5 Å². The minimum absolute atomic E-state index is 0.134. The van der Waals surface area contributed by atoms with Crippen molar-refractivity contribution in [1.29, 1.82) is 0 Å². The summed E-state index contributed by atoms with van der Waals surface area (Å²) in [4.78, 5) is 26.6. The van der Waals surface area contributed by atoms with E-state index in [9.17, 15) is 14.7 Å². The second-order valence-corrected chi connectivity index (χ2v) is 6.63. The summed E-state index contributed by atoms with van der Waals surface area (Å²) < 4.78 is 6.06. The van der Waals surface area contributed by atoms with Gasteiger partial charge in [0.1, 0.15) is 11.5 Å². The van der Waals surface area contributed by atoms with Crippen LogP contribution in [0.3, 0.4) is 0 Å². The van der Waals surface area contributed by atoms with E-state index in [4.69, 9.17) is 4.74 Å². The number of fused-ring (bicyclic) bond motifs is 1. The zero-order valence-electron chi connectivity index (χ0n) is 13.2. The van der Waals surface area contributed by atoms with Crippen LogP contribution in [0.15, 0.2) is 55.1 Å². The zero-order chi connectivity index (χ0) is 16.9. The predicted molar refractivity (Wildman–Crippen MR) is 87.0 cm³/mol. The molecule has 5 atom stereocenters. The fourth-order valence-electron chi connectivity index (χ4n) is 4.44. The van der Waals surface area contributed by atoms with E-state index in [0.29, 0.717) is 13.0 Å². The summed E-state index contributed by atoms with van der Waals surface area (Å²) in [6.07, 6.45) is 5.52. The summed E-state index contributed by atoms with van der Waals surface area (Å²) in [5, 5.41) is 9.58. The molecule has 1 N–H and O–H groups in total. The Morgan fingerprint density at radius 1 is 1.38 bits per heavy atom. The molecule has 2 fully saturated rings. The van der Waals surface area contributed by atoms with Crippen molar-refractivity contribution in [3.8, 4) is 0 Å². The average molecular weight is 325 g/mol. The van der Waals surface area contributed by atoms with Gasteiger partial charge in [0, 0.05) is 6.54 Å². The third kappa shape index (κ3) is 1.91. The Balaban J connectivity index is 1.73. The molecule has 1 amide bonds. The molecular weight excluding hydrogens is 306 g/mol. The lowest BCUT2D eigenvalue weighted by molar-refractivity contribution is -0.148. The Bertz CT molecular complexity index is 728. The number of aliphatic carboxylic acids is 1. The van der Waals surface area contributed by atoms with Gasteiger partial charge >= 0.3 is 5.97 Å². The van der Waals surface area contributed by atoms with E-state index >= 15 is 0 Å². The number of ether oxygens (including phenoxy) is 1. The van der Waals surface area contributed by atoms with Crippen molar-refractivity contribution in [2.24, 2.45) is 11.8 Å². The highest BCUT2D eigenvalue weighted by molar-refractivity contribution is 5.91. The summed E-state index contributed by atoms with van der Waals surface area (Å²) in [6.45, 7) is 4.25. The number of benzene rings is 1. The first kappa shape index (κ1) is 15.1. The molecule has 3 aliphatic heterocycles. The van der Waals surface area contributed by atoms with Crippen LogP contribution in [0.1, 0.15) is 12.0 Å². The summed E-state index contributed by atoms with van der Waals surface area (Å²) in [5.74, 6) is -2.57. The van der Waals surface area contributed by atoms with Gasteiger partial charge in [-0.3, -0.25) is 9.59 Å². The Labute approximate surface area is 140 Å². The number of nitrogens with zero attached hydrogens (tertiary/aromatic N) is 1. The fourth-order valence-corrected chi connectivity index (χ4v) is 4.44. The van der Waals surface area contributed by atoms with E-state index in [1.165, 1.54) is 0 Å². The van der Waals surface area contributed by atoms with Gasteiger partial charge in [0.25, 0.3) is 0 Å². The smallest absolute Gasteiger partial charge is 0.310 e. The number of rotatable bonds is 5. The van der Waals surface area contributed by atoms with Crippen molar-refractivity contribution in [2.75, 3.05) is 0 Å². The highest BCUT2D eigenvalue weighted by Gasteiger charge is 2.70. The van der Waals surface area contributed by atoms with Crippen LogP contribution in [0, 0.1) is 11.8 Å². The predicted octanol–water partition coefficient (Wildman–Crippen LogP) is 2.00. The van der Waals surface area contributed by atoms with Gasteiger partial charge in [-0.25, -0.2) is 0 Å². The third-order valence-corrected chi connectivity index (χ3v) is 5.40. The molecule has 4 rings (SSSR count). The van der Waals surface area contributed by atoms with Crippen molar-refractivity contribution in [1.82, 2.24) is 4.90 Å². The number of hydrogen-bond acceptors (Lipinski definition) is 3. The van der Waals surface area contributed by atoms with Crippen LogP contribution in [-0.4, -0.2) is 39.6 Å². The first-order chi connectivity index (χ1) is 11.6. The van der Waals surface area contributed by atoms with E-state index in [2.05, 4.69) is 6.58 Å². The number of carbonyl (C=O) groups is 2. The summed E-state index contributed by atoms with van der Waals surface area (Å²) in [6, 6.07) is 9.50. The molecule has 1 spiro atoms. The van der Waals surface area contributed by atoms with Crippen LogP contribution in [0.2, 0.25) is 0 Å². The van der Waals surface area contributed by atoms with Gasteiger partial charge in [-0.15, -0.1) is 6.58 Å². The SMILES string of the molecule is C=CCC1N(Cc2ccccc2)C(=O)C2C(C(=O)O)C3C=CC21O3. The van der Waals surface area contributed by atoms with Crippen LogP contribution in [0.5, 0.6) is 0 Å². The van der Waals surface area contributed by atoms with Crippen molar-refractivity contribution in [3.63, 3.8) is 0 Å². The van der Waals surface area contributed by atoms with E-state index in [1.807, 2.05) is 36.4 Å². The molecule has 0 aliphatic carbocycles. The molecule has 5 unspecified atom stereocenters. The highest BCUT2D eigenvalue weighted by Crippen LogP contribution is 2.55. The number of carboxylic acids is 1. The molecule has 3 heterocycles. The number of carboxylic acid groups (broad SMARTS) is 1. The molecule has 1 aromatic rings. The Kier molecular flexibility index (Phi) is 3.35. The lowest BCUT2D eigenvalue weighted by atomic mass is 9.74. The minimum Gasteiger partial charge on any atom is -0.481 e. The molecule has 0 aromatic heterocycles. The maximum absolute atomic E-state index is 13.1. The number of likely N-dealkylation sites (tertiary alicyclic amines) is 1. The van der Waals surface area contributed by atoms with Gasteiger partial charge in [-0.2, -0.15) is 0 Å². The lowest BCUT2D eigenvalue weighted by Crippen LogP contribution is -2.44. The van der Waals surface area contributed by atoms with Crippen LogP contribution in [-0.2, 0) is 20.9 Å². The van der Waals surface area contributed by atoms with Gasteiger partial charge in [-0.05, 0) is 12.0 Å². The van der Waals surface area contributed by atoms with E-state index in [-0.39, 0.29) is 11.9 Å². The Morgan fingerprint density at radius 3 is 2.79 bits per heavy atom. The molecule has 2 bridgehead atoms. The summed E-state index contributed by atoms with van der Waals surface area (Å²) >= 11 is 0. The van der Waals surface area contributed by atoms with Crippen LogP contribution in [0.25, 0.3) is 0 Å². The maximum Gasteiger partial charge on any atom is 0.310 e. The maximum atomic E-state index is 13.1.